The van der Waals surface area contributed by atoms with E-state index in [1.165, 1.54) is 36.9 Å². The van der Waals surface area contributed by atoms with Crippen molar-refractivity contribution in [3.8, 4) is 11.3 Å². The third-order valence-corrected chi connectivity index (χ3v) is 4.64. The maximum atomic E-state index is 14.5. The van der Waals surface area contributed by atoms with Gasteiger partial charge in [0, 0.05) is 29.2 Å². The Bertz CT molecular complexity index is 1270. The Morgan fingerprint density at radius 2 is 1.72 bits per heavy atom. The van der Waals surface area contributed by atoms with E-state index in [0.29, 0.717) is 22.3 Å². The predicted octanol–water partition coefficient (Wildman–Crippen LogP) is 4.01. The molecule has 0 aliphatic heterocycles. The highest BCUT2D eigenvalue weighted by molar-refractivity contribution is 5.89. The van der Waals surface area contributed by atoms with Gasteiger partial charge in [0.25, 0.3) is 0 Å². The zero-order chi connectivity index (χ0) is 22.9. The fraction of sp³-hybridized carbons (Fsp3) is 0.143. The van der Waals surface area contributed by atoms with Gasteiger partial charge in [0.2, 0.25) is 0 Å². The van der Waals surface area contributed by atoms with E-state index in [1.54, 1.807) is 0 Å². The summed E-state index contributed by atoms with van der Waals surface area (Å²) in [5.74, 6) is -0.454. The molecule has 0 amide bonds. The molecule has 0 spiro atoms. The SMILES string of the molecule is OC[C@H](O)c1cnc(-c2cnc3c(Nc4ccc(C(F)(F)F)cc4)ncnc3c2)c(F)c1. The monoisotopic (exact) mass is 445 g/mol. The third kappa shape index (κ3) is 4.34. The number of anilines is 2. The summed E-state index contributed by atoms with van der Waals surface area (Å²) >= 11 is 0. The lowest BCUT2D eigenvalue weighted by Gasteiger charge is -2.11. The Balaban J connectivity index is 1.64. The van der Waals surface area contributed by atoms with Crippen molar-refractivity contribution in [3.63, 3.8) is 0 Å². The molecular weight excluding hydrogens is 430 g/mol. The fourth-order valence-electron chi connectivity index (χ4n) is 3.00. The van der Waals surface area contributed by atoms with E-state index in [4.69, 9.17) is 5.11 Å². The summed E-state index contributed by atoms with van der Waals surface area (Å²) in [7, 11) is 0. The maximum Gasteiger partial charge on any atom is 0.416 e. The second kappa shape index (κ2) is 8.44. The van der Waals surface area contributed by atoms with Crippen LogP contribution in [0.25, 0.3) is 22.3 Å². The fourth-order valence-corrected chi connectivity index (χ4v) is 3.00. The summed E-state index contributed by atoms with van der Waals surface area (Å²) in [4.78, 5) is 16.5. The number of aliphatic hydroxyl groups is 2. The Morgan fingerprint density at radius 1 is 0.969 bits per heavy atom. The van der Waals surface area contributed by atoms with Crippen LogP contribution in [0.2, 0.25) is 0 Å². The van der Waals surface area contributed by atoms with Crippen molar-refractivity contribution in [2.75, 3.05) is 11.9 Å². The summed E-state index contributed by atoms with van der Waals surface area (Å²) in [6.45, 7) is -0.566. The summed E-state index contributed by atoms with van der Waals surface area (Å²) < 4.78 is 52.7. The molecule has 32 heavy (non-hydrogen) atoms. The van der Waals surface area contributed by atoms with Crippen LogP contribution >= 0.6 is 0 Å². The van der Waals surface area contributed by atoms with Gasteiger partial charge in [-0.2, -0.15) is 13.2 Å². The van der Waals surface area contributed by atoms with Crippen molar-refractivity contribution in [1.29, 1.82) is 0 Å². The molecule has 4 aromatic rings. The Labute approximate surface area is 178 Å². The van der Waals surface area contributed by atoms with Gasteiger partial charge in [-0.05, 0) is 36.4 Å². The number of nitrogens with zero attached hydrogens (tertiary/aromatic N) is 4. The molecule has 0 unspecified atom stereocenters. The number of halogens is 4. The smallest absolute Gasteiger partial charge is 0.393 e. The van der Waals surface area contributed by atoms with Crippen LogP contribution in [0.3, 0.4) is 0 Å². The van der Waals surface area contributed by atoms with E-state index >= 15 is 0 Å². The largest absolute Gasteiger partial charge is 0.416 e. The molecule has 0 radical (unpaired) electrons. The van der Waals surface area contributed by atoms with Gasteiger partial charge in [-0.25, -0.2) is 19.3 Å². The van der Waals surface area contributed by atoms with Crippen LogP contribution in [0, 0.1) is 5.82 Å². The number of fused-ring (bicyclic) bond motifs is 1. The average molecular weight is 445 g/mol. The molecule has 0 aliphatic rings. The van der Waals surface area contributed by atoms with Crippen LogP contribution in [0.1, 0.15) is 17.2 Å². The number of hydrogen-bond donors (Lipinski definition) is 3. The van der Waals surface area contributed by atoms with Gasteiger partial charge in [-0.1, -0.05) is 0 Å². The van der Waals surface area contributed by atoms with Gasteiger partial charge < -0.3 is 15.5 Å². The number of pyridine rings is 2. The zero-order valence-electron chi connectivity index (χ0n) is 16.2. The van der Waals surface area contributed by atoms with E-state index in [1.807, 2.05) is 0 Å². The lowest BCUT2D eigenvalue weighted by Crippen LogP contribution is -2.05. The standard InChI is InChI=1S/C21H15F4N5O2/c22-15-5-11(17(32)9-31)7-26-18(15)12-6-16-19(27-8-12)20(29-10-28-16)30-14-3-1-13(2-4-14)21(23,24)25/h1-8,10,17,31-32H,9H2,(H,28,29,30)/t17-/m0/s1. The second-order valence-electron chi connectivity index (χ2n) is 6.81. The molecule has 0 bridgehead atoms. The Hall–Kier alpha value is -3.70. The van der Waals surface area contributed by atoms with Gasteiger partial charge in [0.1, 0.15) is 29.5 Å². The van der Waals surface area contributed by atoms with Crippen molar-refractivity contribution in [3.05, 3.63) is 72.1 Å². The molecule has 7 nitrogen and oxygen atoms in total. The predicted molar refractivity (Wildman–Crippen MR) is 107 cm³/mol. The highest BCUT2D eigenvalue weighted by Gasteiger charge is 2.30. The lowest BCUT2D eigenvalue weighted by atomic mass is 10.1. The van der Waals surface area contributed by atoms with Gasteiger partial charge in [-0.3, -0.25) is 4.98 Å². The van der Waals surface area contributed by atoms with Gasteiger partial charge in [0.15, 0.2) is 5.82 Å². The average Bonchev–Trinajstić information content (AvgIpc) is 2.78. The molecule has 3 heterocycles. The van der Waals surface area contributed by atoms with Gasteiger partial charge >= 0.3 is 6.18 Å². The van der Waals surface area contributed by atoms with Crippen molar-refractivity contribution >= 4 is 22.5 Å². The number of rotatable bonds is 5. The topological polar surface area (TPSA) is 104 Å². The number of benzene rings is 1. The third-order valence-electron chi connectivity index (χ3n) is 4.64. The van der Waals surface area contributed by atoms with E-state index in [2.05, 4.69) is 25.3 Å². The van der Waals surface area contributed by atoms with E-state index in [0.717, 1.165) is 18.2 Å². The number of nitrogens with one attached hydrogen (secondary N) is 1. The molecule has 0 aliphatic carbocycles. The van der Waals surface area contributed by atoms with Gasteiger partial charge in [-0.15, -0.1) is 0 Å². The first-order chi connectivity index (χ1) is 15.3. The summed E-state index contributed by atoms with van der Waals surface area (Å²) in [6.07, 6.45) is -1.83. The molecular formula is C21H15F4N5O2. The molecule has 4 rings (SSSR count). The second-order valence-corrected chi connectivity index (χ2v) is 6.81. The minimum Gasteiger partial charge on any atom is -0.393 e. The highest BCUT2D eigenvalue weighted by atomic mass is 19.4. The van der Waals surface area contributed by atoms with Crippen molar-refractivity contribution in [1.82, 2.24) is 19.9 Å². The summed E-state index contributed by atoms with van der Waals surface area (Å²) in [5.41, 5.74) is 0.702. The zero-order valence-corrected chi connectivity index (χ0v) is 16.2. The van der Waals surface area contributed by atoms with Crippen LogP contribution in [0.15, 0.2) is 55.1 Å². The Morgan fingerprint density at radius 3 is 2.38 bits per heavy atom. The number of hydrogen-bond acceptors (Lipinski definition) is 7. The van der Waals surface area contributed by atoms with Crippen LogP contribution in [-0.4, -0.2) is 36.8 Å². The molecule has 1 atom stereocenters. The molecule has 0 saturated heterocycles. The first-order valence-electron chi connectivity index (χ1n) is 9.26. The number of alkyl halides is 3. The van der Waals surface area contributed by atoms with Crippen molar-refractivity contribution < 1.29 is 27.8 Å². The van der Waals surface area contributed by atoms with E-state index in [-0.39, 0.29) is 17.1 Å². The maximum absolute atomic E-state index is 14.5. The number of aliphatic hydroxyl groups excluding tert-OH is 2. The van der Waals surface area contributed by atoms with Crippen molar-refractivity contribution in [2.24, 2.45) is 0 Å². The van der Waals surface area contributed by atoms with Crippen LogP contribution in [0.4, 0.5) is 29.1 Å². The molecule has 1 aromatic carbocycles. The van der Waals surface area contributed by atoms with Crippen molar-refractivity contribution in [2.45, 2.75) is 12.3 Å². The normalized spacial score (nSPS) is 12.7. The first kappa shape index (κ1) is 21.5. The van der Waals surface area contributed by atoms with Crippen LogP contribution < -0.4 is 5.32 Å². The summed E-state index contributed by atoms with van der Waals surface area (Å²) in [6, 6.07) is 7.05. The number of aromatic nitrogens is 4. The molecule has 11 heteroatoms. The minimum absolute atomic E-state index is 0.0239. The minimum atomic E-state index is -4.43. The molecule has 3 aromatic heterocycles. The molecule has 0 saturated carbocycles. The Kier molecular flexibility index (Phi) is 5.68. The first-order valence-corrected chi connectivity index (χ1v) is 9.26. The van der Waals surface area contributed by atoms with Crippen LogP contribution in [-0.2, 0) is 6.18 Å². The lowest BCUT2D eigenvalue weighted by molar-refractivity contribution is -0.137. The van der Waals surface area contributed by atoms with E-state index in [9.17, 15) is 22.7 Å². The van der Waals surface area contributed by atoms with E-state index < -0.39 is 30.3 Å². The molecule has 0 fully saturated rings. The highest BCUT2D eigenvalue weighted by Crippen LogP contribution is 2.31. The van der Waals surface area contributed by atoms with Gasteiger partial charge in [0.05, 0.1) is 17.7 Å². The molecule has 164 valence electrons. The molecule has 3 N–H and O–H groups in total. The summed E-state index contributed by atoms with van der Waals surface area (Å²) in [5, 5.41) is 21.5. The van der Waals surface area contributed by atoms with Crippen LogP contribution in [0.5, 0.6) is 0 Å². The quantitative estimate of drug-likeness (QED) is 0.399.